The molecular weight excluding hydrogens is 362 g/mol. The molecule has 0 spiro atoms. The van der Waals surface area contributed by atoms with Crippen LogP contribution in [0.2, 0.25) is 0 Å². The lowest BCUT2D eigenvalue weighted by Gasteiger charge is -2.17. The van der Waals surface area contributed by atoms with Gasteiger partial charge in [-0.2, -0.15) is 0 Å². The third kappa shape index (κ3) is 5.26. The highest BCUT2D eigenvalue weighted by atomic mass is 32.2. The topological polar surface area (TPSA) is 29.1 Å². The third-order valence-corrected chi connectivity index (χ3v) is 5.97. The molecule has 1 amide bonds. The first-order valence-electron chi connectivity index (χ1n) is 9.59. The first-order chi connectivity index (χ1) is 13.4. The summed E-state index contributed by atoms with van der Waals surface area (Å²) in [6.45, 7) is 8.30. The smallest absolute Gasteiger partial charge is 0.251 e. The predicted octanol–water partition coefficient (Wildman–Crippen LogP) is 6.40. The van der Waals surface area contributed by atoms with Crippen LogP contribution in [0.5, 0.6) is 0 Å². The van der Waals surface area contributed by atoms with E-state index in [2.05, 4.69) is 68.6 Å². The minimum absolute atomic E-state index is 0.0233. The highest BCUT2D eigenvalue weighted by Crippen LogP contribution is 2.23. The van der Waals surface area contributed by atoms with Gasteiger partial charge < -0.3 is 5.32 Å². The van der Waals surface area contributed by atoms with E-state index in [-0.39, 0.29) is 11.9 Å². The minimum atomic E-state index is -0.0368. The van der Waals surface area contributed by atoms with Gasteiger partial charge in [-0.15, -0.1) is 11.8 Å². The zero-order valence-corrected chi connectivity index (χ0v) is 17.8. The lowest BCUT2D eigenvalue weighted by Crippen LogP contribution is -2.27. The molecule has 0 saturated carbocycles. The maximum Gasteiger partial charge on any atom is 0.251 e. The van der Waals surface area contributed by atoms with Crippen molar-refractivity contribution in [3.05, 3.63) is 100 Å². The van der Waals surface area contributed by atoms with Crippen molar-refractivity contribution >= 4 is 17.7 Å². The summed E-state index contributed by atoms with van der Waals surface area (Å²) in [6, 6.07) is 22.8. The van der Waals surface area contributed by atoms with Gasteiger partial charge in [0.05, 0.1) is 6.04 Å². The van der Waals surface area contributed by atoms with Gasteiger partial charge in [-0.3, -0.25) is 4.79 Å². The fraction of sp³-hybridized carbons (Fsp3) is 0.240. The average molecular weight is 390 g/mol. The SMILES string of the molecule is Cc1ccc(SCc2ccc(C(=O)N[C@@H](C)c3ccc(C)cc3C)cc2)cc1. The number of benzene rings is 3. The Labute approximate surface area is 172 Å². The van der Waals surface area contributed by atoms with Crippen LogP contribution in [0.4, 0.5) is 0 Å². The number of aryl methyl sites for hydroxylation is 3. The molecule has 3 heteroatoms. The van der Waals surface area contributed by atoms with Crippen LogP contribution >= 0.6 is 11.8 Å². The van der Waals surface area contributed by atoms with E-state index in [1.165, 1.54) is 27.1 Å². The fourth-order valence-electron chi connectivity index (χ4n) is 3.22. The quantitative estimate of drug-likeness (QED) is 0.495. The second kappa shape index (κ2) is 9.11. The van der Waals surface area contributed by atoms with Gasteiger partial charge in [0.25, 0.3) is 5.91 Å². The van der Waals surface area contributed by atoms with E-state index in [1.807, 2.05) is 31.2 Å². The molecule has 0 aliphatic carbocycles. The molecule has 0 aromatic heterocycles. The van der Waals surface area contributed by atoms with Crippen molar-refractivity contribution in [2.75, 3.05) is 0 Å². The maximum atomic E-state index is 12.6. The van der Waals surface area contributed by atoms with Gasteiger partial charge >= 0.3 is 0 Å². The molecule has 0 radical (unpaired) electrons. The van der Waals surface area contributed by atoms with Crippen molar-refractivity contribution in [3.8, 4) is 0 Å². The van der Waals surface area contributed by atoms with Crippen molar-refractivity contribution in [1.29, 1.82) is 0 Å². The molecule has 0 aliphatic heterocycles. The van der Waals surface area contributed by atoms with Gasteiger partial charge in [-0.05, 0) is 68.7 Å². The zero-order chi connectivity index (χ0) is 20.1. The molecule has 0 aliphatic rings. The van der Waals surface area contributed by atoms with Gasteiger partial charge in [0.1, 0.15) is 0 Å². The number of amides is 1. The zero-order valence-electron chi connectivity index (χ0n) is 17.0. The van der Waals surface area contributed by atoms with E-state index < -0.39 is 0 Å². The van der Waals surface area contributed by atoms with Crippen LogP contribution in [0.15, 0.2) is 71.6 Å². The van der Waals surface area contributed by atoms with Gasteiger partial charge in [0.15, 0.2) is 0 Å². The lowest BCUT2D eigenvalue weighted by atomic mass is 10.00. The fourth-order valence-corrected chi connectivity index (χ4v) is 4.08. The van der Waals surface area contributed by atoms with Crippen molar-refractivity contribution in [2.45, 2.75) is 44.4 Å². The van der Waals surface area contributed by atoms with Gasteiger partial charge in [-0.1, -0.05) is 53.6 Å². The molecule has 144 valence electrons. The molecule has 0 saturated heterocycles. The van der Waals surface area contributed by atoms with Crippen molar-refractivity contribution < 1.29 is 4.79 Å². The van der Waals surface area contributed by atoms with Crippen LogP contribution in [0.3, 0.4) is 0 Å². The molecule has 3 rings (SSSR count). The summed E-state index contributed by atoms with van der Waals surface area (Å²) in [4.78, 5) is 13.9. The first kappa shape index (κ1) is 20.2. The number of carbonyl (C=O) groups is 1. The van der Waals surface area contributed by atoms with Gasteiger partial charge in [-0.25, -0.2) is 0 Å². The van der Waals surface area contributed by atoms with Crippen LogP contribution in [0.25, 0.3) is 0 Å². The molecule has 0 unspecified atom stereocenters. The van der Waals surface area contributed by atoms with Crippen LogP contribution < -0.4 is 5.32 Å². The molecule has 0 heterocycles. The van der Waals surface area contributed by atoms with Crippen molar-refractivity contribution in [1.82, 2.24) is 5.32 Å². The molecule has 2 nitrogen and oxygen atoms in total. The monoisotopic (exact) mass is 389 g/mol. The molecular formula is C25H27NOS. The molecule has 1 atom stereocenters. The minimum Gasteiger partial charge on any atom is -0.346 e. The highest BCUT2D eigenvalue weighted by molar-refractivity contribution is 7.98. The number of hydrogen-bond acceptors (Lipinski definition) is 2. The average Bonchev–Trinajstić information content (AvgIpc) is 2.67. The van der Waals surface area contributed by atoms with E-state index >= 15 is 0 Å². The molecule has 28 heavy (non-hydrogen) atoms. The Balaban J connectivity index is 1.59. The number of thioether (sulfide) groups is 1. The van der Waals surface area contributed by atoms with E-state index in [4.69, 9.17) is 0 Å². The number of nitrogens with one attached hydrogen (secondary N) is 1. The van der Waals surface area contributed by atoms with Crippen LogP contribution in [-0.2, 0) is 5.75 Å². The van der Waals surface area contributed by atoms with Crippen molar-refractivity contribution in [3.63, 3.8) is 0 Å². The Morgan fingerprint density at radius 1 is 0.893 bits per heavy atom. The Morgan fingerprint density at radius 2 is 1.54 bits per heavy atom. The van der Waals surface area contributed by atoms with Crippen LogP contribution in [-0.4, -0.2) is 5.91 Å². The van der Waals surface area contributed by atoms with E-state index in [0.29, 0.717) is 5.56 Å². The van der Waals surface area contributed by atoms with E-state index in [0.717, 1.165) is 11.3 Å². The lowest BCUT2D eigenvalue weighted by molar-refractivity contribution is 0.0940. The third-order valence-electron chi connectivity index (χ3n) is 4.88. The summed E-state index contributed by atoms with van der Waals surface area (Å²) >= 11 is 1.81. The summed E-state index contributed by atoms with van der Waals surface area (Å²) in [5, 5.41) is 3.11. The summed E-state index contributed by atoms with van der Waals surface area (Å²) < 4.78 is 0. The van der Waals surface area contributed by atoms with Crippen molar-refractivity contribution in [2.24, 2.45) is 0 Å². The number of hydrogen-bond donors (Lipinski definition) is 1. The summed E-state index contributed by atoms with van der Waals surface area (Å²) in [6.07, 6.45) is 0. The molecule has 3 aromatic carbocycles. The van der Waals surface area contributed by atoms with Crippen LogP contribution in [0.1, 0.15) is 51.1 Å². The predicted molar refractivity (Wildman–Crippen MR) is 119 cm³/mol. The standard InChI is InChI=1S/C25H27NOS/c1-17-5-12-23(13-6-17)28-16-21-8-10-22(11-9-21)25(27)26-20(4)24-14-7-18(2)15-19(24)3/h5-15,20H,16H2,1-4H3,(H,26,27)/t20-/m0/s1. The van der Waals surface area contributed by atoms with E-state index in [1.54, 1.807) is 11.8 Å². The largest absolute Gasteiger partial charge is 0.346 e. The Hall–Kier alpha value is -2.52. The molecule has 0 bridgehead atoms. The highest BCUT2D eigenvalue weighted by Gasteiger charge is 2.13. The van der Waals surface area contributed by atoms with E-state index in [9.17, 15) is 4.79 Å². The second-order valence-corrected chi connectivity index (χ2v) is 8.40. The Kier molecular flexibility index (Phi) is 6.58. The number of rotatable bonds is 6. The molecule has 1 N–H and O–H groups in total. The summed E-state index contributed by atoms with van der Waals surface area (Å²) in [5.74, 6) is 0.856. The summed E-state index contributed by atoms with van der Waals surface area (Å²) in [7, 11) is 0. The normalized spacial score (nSPS) is 11.9. The van der Waals surface area contributed by atoms with Gasteiger partial charge in [0, 0.05) is 16.2 Å². The maximum absolute atomic E-state index is 12.6. The van der Waals surface area contributed by atoms with Gasteiger partial charge in [0.2, 0.25) is 0 Å². The Morgan fingerprint density at radius 3 is 2.18 bits per heavy atom. The second-order valence-electron chi connectivity index (χ2n) is 7.35. The number of carbonyl (C=O) groups excluding carboxylic acids is 1. The first-order valence-corrected chi connectivity index (χ1v) is 10.6. The van der Waals surface area contributed by atoms with Crippen LogP contribution in [0, 0.1) is 20.8 Å². The molecule has 3 aromatic rings. The summed E-state index contributed by atoms with van der Waals surface area (Å²) in [5.41, 5.74) is 6.78. The Bertz CT molecular complexity index is 945. The molecule has 0 fully saturated rings.